The number of aliphatic carboxylic acids is 1. The summed E-state index contributed by atoms with van der Waals surface area (Å²) in [6, 6.07) is 34.9. The number of carboxylic acid groups (broad SMARTS) is 1. The summed E-state index contributed by atoms with van der Waals surface area (Å²) in [5, 5.41) is 17.1. The first-order valence-electron chi connectivity index (χ1n) is 36.7. The Morgan fingerprint density at radius 3 is 0.991 bits per heavy atom. The van der Waals surface area contributed by atoms with Crippen LogP contribution in [0.5, 0.6) is 0 Å². The molecule has 30 heteroatoms. The Morgan fingerprint density at radius 2 is 0.696 bits per heavy atom. The predicted octanol–water partition coefficient (Wildman–Crippen LogP) is 19.2. The number of halogens is 8. The van der Waals surface area contributed by atoms with Gasteiger partial charge in [0.1, 0.15) is 18.6 Å². The van der Waals surface area contributed by atoms with E-state index in [1.54, 1.807) is 48.4 Å². The third-order valence-corrected chi connectivity index (χ3v) is 21.3. The van der Waals surface area contributed by atoms with E-state index in [9.17, 15) is 32.3 Å². The monoisotopic (exact) mass is 1890 g/mol. The minimum Gasteiger partial charge on any atom is -0.481 e. The van der Waals surface area contributed by atoms with Crippen LogP contribution in [-0.2, 0) is 62.4 Å². The van der Waals surface area contributed by atoms with Gasteiger partial charge in [-0.05, 0) is 254 Å². The van der Waals surface area contributed by atoms with E-state index in [4.69, 9.17) is 53.4 Å². The molecule has 112 heavy (non-hydrogen) atoms. The summed E-state index contributed by atoms with van der Waals surface area (Å²) in [6.45, 7) is 39.9. The average molecular weight is 1900 g/mol. The average Bonchev–Trinajstić information content (AvgIpc) is 0.834. The molecular weight excluding hydrogens is 1760 g/mol. The minimum atomic E-state index is -4.64. The smallest absolute Gasteiger partial charge is 0.446 e. The number of carboxylic acids is 1. The van der Waals surface area contributed by atoms with E-state index in [1.165, 1.54) is 28.3 Å². The molecular formula is C82H133Br4ClF3N11O8Si3. The third-order valence-electron chi connectivity index (χ3n) is 14.0. The summed E-state index contributed by atoms with van der Waals surface area (Å²) in [4.78, 5) is 64.5. The van der Waals surface area contributed by atoms with Gasteiger partial charge in [0.15, 0.2) is 0 Å². The zero-order valence-corrected chi connectivity index (χ0v) is 81.7. The van der Waals surface area contributed by atoms with Gasteiger partial charge in [-0.3, -0.25) is 25.0 Å². The lowest BCUT2D eigenvalue weighted by Gasteiger charge is -2.24. The summed E-state index contributed by atoms with van der Waals surface area (Å²) in [7, 11) is 16.3. The molecule has 0 unspecified atom stereocenters. The first kappa shape index (κ1) is 110. The van der Waals surface area contributed by atoms with E-state index in [0.717, 1.165) is 104 Å². The van der Waals surface area contributed by atoms with Gasteiger partial charge in [0.05, 0.1) is 29.0 Å². The highest BCUT2D eigenvalue weighted by Gasteiger charge is 2.26. The fraction of sp³-hybridized carbons (Fsp3) is 0.500. The fourth-order valence-electron chi connectivity index (χ4n) is 8.96. The van der Waals surface area contributed by atoms with Crippen LogP contribution >= 0.6 is 74.8 Å². The van der Waals surface area contributed by atoms with Gasteiger partial charge in [-0.2, -0.15) is 24.3 Å². The van der Waals surface area contributed by atoms with Gasteiger partial charge >= 0.3 is 24.3 Å². The van der Waals surface area contributed by atoms with E-state index in [1.807, 2.05) is 116 Å². The molecule has 0 bridgehead atoms. The Bertz CT molecular complexity index is 3790. The number of alkyl halides is 3. The van der Waals surface area contributed by atoms with Crippen LogP contribution in [0.1, 0.15) is 95.2 Å². The van der Waals surface area contributed by atoms with E-state index in [2.05, 4.69) is 233 Å². The van der Waals surface area contributed by atoms with Crippen LogP contribution in [0.25, 0.3) is 0 Å². The van der Waals surface area contributed by atoms with Crippen LogP contribution in [0.2, 0.25) is 58.9 Å². The van der Waals surface area contributed by atoms with Crippen LogP contribution in [0.15, 0.2) is 127 Å². The van der Waals surface area contributed by atoms with Crippen molar-refractivity contribution in [1.29, 1.82) is 0 Å². The van der Waals surface area contributed by atoms with Gasteiger partial charge < -0.3 is 62.0 Å². The predicted molar refractivity (Wildman–Crippen MR) is 493 cm³/mol. The normalized spacial score (nSPS) is 11.2. The van der Waals surface area contributed by atoms with Crippen LogP contribution < -0.4 is 43.9 Å². The van der Waals surface area contributed by atoms with Crippen molar-refractivity contribution >= 4 is 173 Å². The molecule has 0 radical (unpaired) electrons. The lowest BCUT2D eigenvalue weighted by Crippen LogP contribution is -2.40. The molecule has 6 rings (SSSR count). The van der Waals surface area contributed by atoms with Gasteiger partial charge in [0.2, 0.25) is 12.2 Å². The minimum absolute atomic E-state index is 0.00831. The number of nitrogens with two attached hydrogens (primary N) is 4. The largest absolute Gasteiger partial charge is 0.481 e. The number of nitrogen functional groups attached to an aromatic ring is 4. The number of benzene rings is 6. The first-order valence-corrected chi connectivity index (χ1v) is 51.4. The summed E-state index contributed by atoms with van der Waals surface area (Å²) in [6.07, 6.45) is -0.906. The van der Waals surface area contributed by atoms with Crippen molar-refractivity contribution in [3.63, 3.8) is 0 Å². The number of amides is 3. The maximum Gasteiger partial charge on any atom is 0.446 e. The van der Waals surface area contributed by atoms with Crippen molar-refractivity contribution in [3.8, 4) is 0 Å². The number of aldehydes is 1. The quantitative estimate of drug-likeness (QED) is 0.0162. The van der Waals surface area contributed by atoms with E-state index >= 15 is 0 Å². The fourth-order valence-corrected chi connectivity index (χ4v) is 14.1. The Labute approximate surface area is 711 Å². The molecule has 6 aromatic rings. The molecule has 0 aromatic heterocycles. The van der Waals surface area contributed by atoms with E-state index < -0.39 is 65.4 Å². The lowest BCUT2D eigenvalue weighted by atomic mass is 10.1. The van der Waals surface area contributed by atoms with Gasteiger partial charge in [0, 0.05) is 92.3 Å². The summed E-state index contributed by atoms with van der Waals surface area (Å²) in [5.41, 5.74) is 33.0. The number of likely N-dealkylation sites (N-methyl/N-ethyl adjacent to an activating group) is 5. The molecule has 19 nitrogen and oxygen atoms in total. The second-order valence-corrected chi connectivity index (χ2v) is 53.6. The Balaban J connectivity index is -0.00000124. The number of rotatable bonds is 20. The van der Waals surface area contributed by atoms with Gasteiger partial charge in [-0.1, -0.05) is 165 Å². The number of carbonyl (C=O) groups excluding carboxylic acids is 4. The number of hydrogen-bond donors (Lipinski definition) is 7. The molecule has 0 aliphatic carbocycles. The molecule has 632 valence electrons. The van der Waals surface area contributed by atoms with E-state index in [0.29, 0.717) is 23.4 Å². The maximum atomic E-state index is 12.0. The molecule has 0 aliphatic rings. The van der Waals surface area contributed by atoms with E-state index in [-0.39, 0.29) is 12.3 Å². The standard InChI is InChI=1S/C18H32N2O2Si.C15H23BrN2O2.C13H24N2Si.C10H13BrN2O.C10H15BrN2.C8H8BrNO2.C3H9ClSi.C3H8.C2HF3O/c1-18(2,3)22-17(21)19-15-9-10-16(23(6,7)8)14(13-15)11-12-20(4)5;1-15(2,3)20-14(19)17-12-6-7-13(16)11(10-12)8-9-18(4)5;1-15(2)9-8-11-10-12(14)6-7-13(11)16(3,4)5;1-13(2)10(14)6-7-5-8(12)3-4-9(7)11;1-13(2)6-5-8-7-9(12)3-4-10(8)11;9-7-2-1-6(10)3-5(7)4-8(11)12;1-5(2,3)4;1-3-2;3-2(4,5)1-6/h9-10,13H,11-12H2,1-8H3,(H,19,21);6-7,10H,8-9H2,1-5H3,(H,17,19);6-7,10H,8-9,14H2,1-5H3;3-5H,6,12H2,1-2H3;3-4,7H,5-6,12H2,1-2H3;1-3H,4,10H2,(H,11,12);1-3H3;3H2,1-2H3;1H. The summed E-state index contributed by atoms with van der Waals surface area (Å²) < 4.78 is 45.7. The molecule has 0 atom stereocenters. The van der Waals surface area contributed by atoms with Crippen molar-refractivity contribution in [2.45, 2.75) is 177 Å². The molecule has 3 amide bonds. The molecule has 0 heterocycles. The molecule has 0 saturated heterocycles. The van der Waals surface area contributed by atoms with Gasteiger partial charge in [-0.25, -0.2) is 9.59 Å². The highest BCUT2D eigenvalue weighted by molar-refractivity contribution is 9.11. The van der Waals surface area contributed by atoms with Crippen LogP contribution in [0, 0.1) is 0 Å². The van der Waals surface area contributed by atoms with Crippen LogP contribution in [0.3, 0.4) is 0 Å². The van der Waals surface area contributed by atoms with Crippen LogP contribution in [-0.4, -0.2) is 198 Å². The number of nitrogens with one attached hydrogen (secondary N) is 2. The SMILES string of the molecule is CCC.CN(C)C(=O)Cc1cc(N)ccc1Br.CN(C)CCc1cc(N)ccc1Br.CN(C)CCc1cc(N)ccc1[Si](C)(C)C.CN(C)CCc1cc(NC(=O)OC(C)(C)C)ccc1Br.CN(C)CCc1cc(NC(=O)OC(C)(C)C)ccc1[Si](C)(C)C.C[Si](C)(C)Cl.Nc1ccc(Br)c(CC(=O)O)c1.O=CC(F)(F)F. The molecule has 0 aliphatic heterocycles. The van der Waals surface area contributed by atoms with Gasteiger partial charge in [0.25, 0.3) is 0 Å². The summed E-state index contributed by atoms with van der Waals surface area (Å²) >= 11 is 19.3. The number of hydrogen-bond acceptors (Lipinski definition) is 15. The second-order valence-electron chi connectivity index (χ2n) is 32.6. The Morgan fingerprint density at radius 1 is 0.455 bits per heavy atom. The Hall–Kier alpha value is -5.84. The van der Waals surface area contributed by atoms with Gasteiger partial charge in [-0.15, -0.1) is 0 Å². The topological polar surface area (TPSA) is 268 Å². The zero-order valence-electron chi connectivity index (χ0n) is 71.6. The lowest BCUT2D eigenvalue weighted by molar-refractivity contribution is -0.156. The third kappa shape index (κ3) is 58.9. The molecule has 0 saturated carbocycles. The van der Waals surface area contributed by atoms with Crippen molar-refractivity contribution in [3.05, 3.63) is 160 Å². The highest BCUT2D eigenvalue weighted by atomic mass is 79.9. The van der Waals surface area contributed by atoms with Crippen molar-refractivity contribution in [2.24, 2.45) is 0 Å². The number of anilines is 6. The number of ether oxygens (including phenoxy) is 2. The molecule has 0 spiro atoms. The number of nitrogens with zero attached hydrogens (tertiary/aromatic N) is 5. The van der Waals surface area contributed by atoms with Crippen molar-refractivity contribution < 1.29 is 51.7 Å². The highest BCUT2D eigenvalue weighted by Crippen LogP contribution is 2.26. The summed E-state index contributed by atoms with van der Waals surface area (Å²) in [5.74, 6) is -0.794. The molecule has 6 aromatic carbocycles. The number of carbonyl (C=O) groups is 5. The van der Waals surface area contributed by atoms with Crippen molar-refractivity contribution in [2.75, 3.05) is 130 Å². The Kier molecular flexibility index (Phi) is 53.3. The zero-order chi connectivity index (χ0) is 87.6. The first-order chi connectivity index (χ1) is 51.0. The maximum absolute atomic E-state index is 12.0. The second kappa shape index (κ2) is 54.1. The molecule has 0 fully saturated rings. The molecule has 11 N–H and O–H groups in total. The van der Waals surface area contributed by atoms with Crippen molar-refractivity contribution in [1.82, 2.24) is 24.5 Å². The van der Waals surface area contributed by atoms with Crippen LogP contribution in [0.4, 0.5) is 56.9 Å².